The molecule has 0 spiro atoms. The summed E-state index contributed by atoms with van der Waals surface area (Å²) in [6, 6.07) is 16.8. The fraction of sp³-hybridized carbons (Fsp3) is 0.150. The van der Waals surface area contributed by atoms with Crippen molar-refractivity contribution in [3.05, 3.63) is 89.8 Å². The minimum Gasteiger partial charge on any atom is -0.412 e. The average Bonchev–Trinajstić information content (AvgIpc) is 3.11. The number of rotatable bonds is 3. The first kappa shape index (κ1) is 16.8. The van der Waals surface area contributed by atoms with Gasteiger partial charge < -0.3 is 10.0 Å². The number of nitrogens with zero attached hydrogens (tertiary/aromatic N) is 4. The van der Waals surface area contributed by atoms with E-state index in [1.54, 1.807) is 0 Å². The third kappa shape index (κ3) is 3.14. The molecule has 0 bridgehead atoms. The molecule has 0 aliphatic heterocycles. The maximum Gasteiger partial charge on any atom is 0.0954 e. The smallest absolute Gasteiger partial charge is 0.0954 e. The number of fused-ring (bicyclic) bond motifs is 1. The van der Waals surface area contributed by atoms with Gasteiger partial charge in [0, 0.05) is 12.4 Å². The van der Waals surface area contributed by atoms with Crippen LogP contribution < -0.4 is 0 Å². The molecule has 5 heteroatoms. The Bertz CT molecular complexity index is 981. The summed E-state index contributed by atoms with van der Waals surface area (Å²) in [5, 5.41) is 0. The first-order valence-electron chi connectivity index (χ1n) is 7.99. The Morgan fingerprint density at radius 2 is 1.56 bits per heavy atom. The fourth-order valence-corrected chi connectivity index (χ4v) is 3.01. The largest absolute Gasteiger partial charge is 0.412 e. The zero-order valence-corrected chi connectivity index (χ0v) is 14.2. The van der Waals surface area contributed by atoms with Gasteiger partial charge in [0.15, 0.2) is 0 Å². The van der Waals surface area contributed by atoms with Crippen LogP contribution in [0.5, 0.6) is 0 Å². The molecule has 2 N–H and O–H groups in total. The molecule has 0 aliphatic carbocycles. The lowest BCUT2D eigenvalue weighted by atomic mass is 9.98. The Morgan fingerprint density at radius 3 is 2.24 bits per heavy atom. The van der Waals surface area contributed by atoms with Gasteiger partial charge in [-0.05, 0) is 37.1 Å². The van der Waals surface area contributed by atoms with Gasteiger partial charge in [0.05, 0.1) is 34.8 Å². The summed E-state index contributed by atoms with van der Waals surface area (Å²) in [6.45, 7) is 3.99. The molecule has 4 rings (SSSR count). The molecule has 0 radical (unpaired) electrons. The average molecular weight is 332 g/mol. The Balaban J connectivity index is 0.00000182. The lowest BCUT2D eigenvalue weighted by molar-refractivity contribution is 0.677. The molecule has 1 atom stereocenters. The van der Waals surface area contributed by atoms with Crippen LogP contribution in [0, 0.1) is 13.8 Å². The molecule has 2 aromatic heterocycles. The normalized spacial score (nSPS) is 11.9. The van der Waals surface area contributed by atoms with Crippen molar-refractivity contribution in [3.63, 3.8) is 0 Å². The van der Waals surface area contributed by atoms with Crippen LogP contribution in [0.2, 0.25) is 0 Å². The van der Waals surface area contributed by atoms with E-state index in [2.05, 4.69) is 57.0 Å². The molecule has 0 amide bonds. The van der Waals surface area contributed by atoms with E-state index in [1.165, 1.54) is 11.1 Å². The Morgan fingerprint density at radius 1 is 0.840 bits per heavy atom. The third-order valence-corrected chi connectivity index (χ3v) is 4.35. The van der Waals surface area contributed by atoms with Crippen molar-refractivity contribution in [3.8, 4) is 0 Å². The van der Waals surface area contributed by atoms with Gasteiger partial charge in [0.1, 0.15) is 0 Å². The summed E-state index contributed by atoms with van der Waals surface area (Å²) in [5.74, 6) is 0. The molecule has 4 aromatic rings. The monoisotopic (exact) mass is 332 g/mol. The highest BCUT2D eigenvalue weighted by Crippen LogP contribution is 2.28. The molecular weight excluding hydrogens is 312 g/mol. The Kier molecular flexibility index (Phi) is 4.59. The number of aryl methyl sites for hydroxylation is 2. The maximum atomic E-state index is 4.71. The first-order valence-corrected chi connectivity index (χ1v) is 7.99. The van der Waals surface area contributed by atoms with Crippen molar-refractivity contribution in [1.29, 1.82) is 0 Å². The quantitative estimate of drug-likeness (QED) is 0.578. The van der Waals surface area contributed by atoms with Gasteiger partial charge in [-0.2, -0.15) is 0 Å². The van der Waals surface area contributed by atoms with Crippen LogP contribution in [0.15, 0.2) is 67.3 Å². The standard InChI is InChI=1S/C20H18N4.H2O/c1-14-15(2)23-19-12-17(8-9-18(19)22-14)20(24-11-10-21-13-24)16-6-4-3-5-7-16;/h3-13,20H,1-2H3;1H2. The van der Waals surface area contributed by atoms with E-state index in [-0.39, 0.29) is 11.5 Å². The summed E-state index contributed by atoms with van der Waals surface area (Å²) in [7, 11) is 0. The van der Waals surface area contributed by atoms with E-state index in [0.717, 1.165) is 22.4 Å². The summed E-state index contributed by atoms with van der Waals surface area (Å²) < 4.78 is 2.12. The molecule has 2 heterocycles. The van der Waals surface area contributed by atoms with E-state index in [0.29, 0.717) is 0 Å². The van der Waals surface area contributed by atoms with Crippen molar-refractivity contribution < 1.29 is 5.48 Å². The minimum absolute atomic E-state index is 0. The predicted molar refractivity (Wildman–Crippen MR) is 98.5 cm³/mol. The van der Waals surface area contributed by atoms with E-state index in [4.69, 9.17) is 4.98 Å². The summed E-state index contributed by atoms with van der Waals surface area (Å²) in [6.07, 6.45) is 5.66. The van der Waals surface area contributed by atoms with Gasteiger partial charge in [0.25, 0.3) is 0 Å². The van der Waals surface area contributed by atoms with Gasteiger partial charge in [-0.25, -0.2) is 15.0 Å². The van der Waals surface area contributed by atoms with Crippen LogP contribution >= 0.6 is 0 Å². The molecule has 0 saturated carbocycles. The molecular formula is C20H20N4O. The first-order chi connectivity index (χ1) is 11.7. The van der Waals surface area contributed by atoms with Crippen LogP contribution in [0.25, 0.3) is 11.0 Å². The lowest BCUT2D eigenvalue weighted by Gasteiger charge is -2.20. The SMILES string of the molecule is Cc1nc2ccc(C(c3ccccc3)n3ccnc3)cc2nc1C.O. The molecule has 0 saturated heterocycles. The van der Waals surface area contributed by atoms with Crippen molar-refractivity contribution >= 4 is 11.0 Å². The summed E-state index contributed by atoms with van der Waals surface area (Å²) in [5.41, 5.74) is 6.19. The van der Waals surface area contributed by atoms with E-state index in [9.17, 15) is 0 Å². The fourth-order valence-electron chi connectivity index (χ4n) is 3.01. The second-order valence-corrected chi connectivity index (χ2v) is 5.97. The van der Waals surface area contributed by atoms with Crippen LogP contribution in [0.3, 0.4) is 0 Å². The zero-order chi connectivity index (χ0) is 16.5. The van der Waals surface area contributed by atoms with E-state index in [1.807, 2.05) is 38.6 Å². The minimum atomic E-state index is 0. The van der Waals surface area contributed by atoms with Gasteiger partial charge in [-0.15, -0.1) is 0 Å². The predicted octanol–water partition coefficient (Wildman–Crippen LogP) is 3.26. The van der Waals surface area contributed by atoms with E-state index < -0.39 is 0 Å². The molecule has 0 aliphatic rings. The van der Waals surface area contributed by atoms with E-state index >= 15 is 0 Å². The summed E-state index contributed by atoms with van der Waals surface area (Å²) in [4.78, 5) is 13.6. The Labute approximate surface area is 146 Å². The number of aromatic nitrogens is 4. The van der Waals surface area contributed by atoms with Crippen molar-refractivity contribution in [2.45, 2.75) is 19.9 Å². The molecule has 0 fully saturated rings. The van der Waals surface area contributed by atoms with Gasteiger partial charge in [-0.1, -0.05) is 36.4 Å². The second-order valence-electron chi connectivity index (χ2n) is 5.97. The second kappa shape index (κ2) is 6.83. The number of benzene rings is 2. The summed E-state index contributed by atoms with van der Waals surface area (Å²) >= 11 is 0. The van der Waals surface area contributed by atoms with Gasteiger partial charge in [-0.3, -0.25) is 0 Å². The topological polar surface area (TPSA) is 75.1 Å². The molecule has 5 nitrogen and oxygen atoms in total. The number of imidazole rings is 1. The van der Waals surface area contributed by atoms with Crippen LogP contribution in [-0.2, 0) is 0 Å². The molecule has 25 heavy (non-hydrogen) atoms. The van der Waals surface area contributed by atoms with Gasteiger partial charge >= 0.3 is 0 Å². The van der Waals surface area contributed by atoms with Crippen LogP contribution in [-0.4, -0.2) is 25.0 Å². The zero-order valence-electron chi connectivity index (χ0n) is 14.2. The van der Waals surface area contributed by atoms with Crippen molar-refractivity contribution in [2.75, 3.05) is 0 Å². The van der Waals surface area contributed by atoms with Crippen LogP contribution in [0.4, 0.5) is 0 Å². The van der Waals surface area contributed by atoms with Crippen LogP contribution in [0.1, 0.15) is 28.6 Å². The van der Waals surface area contributed by atoms with Crippen molar-refractivity contribution in [2.24, 2.45) is 0 Å². The lowest BCUT2D eigenvalue weighted by Crippen LogP contribution is -2.10. The Hall–Kier alpha value is -3.05. The highest BCUT2D eigenvalue weighted by atomic mass is 16.0. The highest BCUT2D eigenvalue weighted by molar-refractivity contribution is 5.75. The maximum absolute atomic E-state index is 4.71. The van der Waals surface area contributed by atoms with Crippen molar-refractivity contribution in [1.82, 2.24) is 19.5 Å². The number of hydrogen-bond acceptors (Lipinski definition) is 3. The molecule has 1 unspecified atom stereocenters. The van der Waals surface area contributed by atoms with Gasteiger partial charge in [0.2, 0.25) is 0 Å². The third-order valence-electron chi connectivity index (χ3n) is 4.35. The highest BCUT2D eigenvalue weighted by Gasteiger charge is 2.16. The molecule has 126 valence electrons. The molecule has 2 aromatic carbocycles. The number of hydrogen-bond donors (Lipinski definition) is 0.